The molecule has 0 unspecified atom stereocenters. The number of benzene rings is 2. The Morgan fingerprint density at radius 2 is 1.15 bits per heavy atom. The topological polar surface area (TPSA) is 57.7 Å². The zero-order valence-electron chi connectivity index (χ0n) is 15.2. The van der Waals surface area contributed by atoms with Gasteiger partial charge >= 0.3 is 17.8 Å². The number of imide groups is 2. The highest BCUT2D eigenvalue weighted by molar-refractivity contribution is 6.44. The van der Waals surface area contributed by atoms with Crippen LogP contribution in [0.15, 0.2) is 54.6 Å². The van der Waals surface area contributed by atoms with Crippen molar-refractivity contribution in [3.63, 3.8) is 0 Å². The molecule has 0 N–H and O–H groups in total. The van der Waals surface area contributed by atoms with Crippen molar-refractivity contribution < 1.29 is 14.4 Å². The molecule has 5 heteroatoms. The van der Waals surface area contributed by atoms with E-state index < -0.39 is 17.8 Å². The van der Waals surface area contributed by atoms with E-state index in [1.165, 1.54) is 5.56 Å². The lowest BCUT2D eigenvalue weighted by Crippen LogP contribution is -2.32. The number of rotatable bonds is 4. The first-order chi connectivity index (χ1) is 12.3. The van der Waals surface area contributed by atoms with Crippen LogP contribution in [0.4, 0.5) is 4.79 Å². The number of carbonyl (C=O) groups is 3. The molecular weight excluding hydrogens is 328 g/mol. The van der Waals surface area contributed by atoms with E-state index in [4.69, 9.17) is 0 Å². The first kappa shape index (κ1) is 17.9. The van der Waals surface area contributed by atoms with Gasteiger partial charge in [0.05, 0.1) is 13.1 Å². The van der Waals surface area contributed by atoms with Gasteiger partial charge in [0.2, 0.25) is 0 Å². The maximum atomic E-state index is 12.6. The van der Waals surface area contributed by atoms with Crippen molar-refractivity contribution in [3.8, 4) is 0 Å². The van der Waals surface area contributed by atoms with Gasteiger partial charge in [0.15, 0.2) is 0 Å². The molecule has 1 saturated heterocycles. The first-order valence-corrected chi connectivity index (χ1v) is 8.58. The van der Waals surface area contributed by atoms with Crippen LogP contribution in [0, 0.1) is 0 Å². The average Bonchev–Trinajstić information content (AvgIpc) is 2.80. The lowest BCUT2D eigenvalue weighted by Gasteiger charge is -2.20. The summed E-state index contributed by atoms with van der Waals surface area (Å²) in [6, 6.07) is 16.4. The number of hydrogen-bond acceptors (Lipinski definition) is 3. The number of hydrogen-bond donors (Lipinski definition) is 0. The molecule has 4 amide bonds. The summed E-state index contributed by atoms with van der Waals surface area (Å²) in [5.74, 6) is -1.55. The summed E-state index contributed by atoms with van der Waals surface area (Å²) < 4.78 is 0. The second-order valence-electron chi connectivity index (χ2n) is 7.50. The van der Waals surface area contributed by atoms with E-state index in [-0.39, 0.29) is 18.5 Å². The van der Waals surface area contributed by atoms with Crippen LogP contribution in [0.5, 0.6) is 0 Å². The fourth-order valence-electron chi connectivity index (χ4n) is 2.89. The molecule has 1 fully saturated rings. The van der Waals surface area contributed by atoms with E-state index in [1.807, 2.05) is 54.6 Å². The van der Waals surface area contributed by atoms with Gasteiger partial charge in [-0.25, -0.2) is 4.79 Å². The van der Waals surface area contributed by atoms with Crippen LogP contribution in [0.2, 0.25) is 0 Å². The predicted octanol–water partition coefficient (Wildman–Crippen LogP) is 3.48. The SMILES string of the molecule is CC(C)(C)c1ccc(CN2C(=O)C(=O)N(Cc3ccccc3)C2=O)cc1. The molecule has 1 heterocycles. The van der Waals surface area contributed by atoms with Gasteiger partial charge in [-0.15, -0.1) is 0 Å². The normalized spacial score (nSPS) is 15.1. The quantitative estimate of drug-likeness (QED) is 0.627. The Morgan fingerprint density at radius 1 is 0.692 bits per heavy atom. The summed E-state index contributed by atoms with van der Waals surface area (Å²) in [7, 11) is 0. The molecule has 0 spiro atoms. The Bertz CT molecular complexity index is 836. The van der Waals surface area contributed by atoms with E-state index in [0.717, 1.165) is 20.9 Å². The van der Waals surface area contributed by atoms with Crippen molar-refractivity contribution in [2.45, 2.75) is 39.3 Å². The van der Waals surface area contributed by atoms with Crippen LogP contribution in [0.1, 0.15) is 37.5 Å². The Balaban J connectivity index is 1.75. The predicted molar refractivity (Wildman–Crippen MR) is 98.1 cm³/mol. The minimum absolute atomic E-state index is 0.0280. The third kappa shape index (κ3) is 3.52. The third-order valence-electron chi connectivity index (χ3n) is 4.48. The number of amides is 4. The van der Waals surface area contributed by atoms with Crippen LogP contribution in [-0.4, -0.2) is 27.6 Å². The zero-order chi connectivity index (χ0) is 18.9. The van der Waals surface area contributed by atoms with Gasteiger partial charge < -0.3 is 0 Å². The van der Waals surface area contributed by atoms with Crippen molar-refractivity contribution in [1.29, 1.82) is 0 Å². The van der Waals surface area contributed by atoms with Crippen LogP contribution >= 0.6 is 0 Å². The highest BCUT2D eigenvalue weighted by atomic mass is 16.2. The molecule has 134 valence electrons. The number of nitrogens with zero attached hydrogens (tertiary/aromatic N) is 2. The molecule has 0 radical (unpaired) electrons. The van der Waals surface area contributed by atoms with Gasteiger partial charge in [0.1, 0.15) is 0 Å². The van der Waals surface area contributed by atoms with Crippen molar-refractivity contribution >= 4 is 17.8 Å². The summed E-state index contributed by atoms with van der Waals surface area (Å²) in [5, 5.41) is 0. The largest absolute Gasteiger partial charge is 0.334 e. The number of carbonyl (C=O) groups excluding carboxylic acids is 3. The minimum Gasteiger partial charge on any atom is -0.263 e. The molecule has 0 aromatic heterocycles. The van der Waals surface area contributed by atoms with E-state index in [9.17, 15) is 14.4 Å². The van der Waals surface area contributed by atoms with Crippen LogP contribution in [-0.2, 0) is 28.1 Å². The lowest BCUT2D eigenvalue weighted by molar-refractivity contribution is -0.143. The fourth-order valence-corrected chi connectivity index (χ4v) is 2.89. The van der Waals surface area contributed by atoms with E-state index in [0.29, 0.717) is 0 Å². The zero-order valence-corrected chi connectivity index (χ0v) is 15.2. The molecule has 1 aliphatic rings. The monoisotopic (exact) mass is 350 g/mol. The summed E-state index contributed by atoms with van der Waals surface area (Å²) in [4.78, 5) is 39.1. The molecule has 1 aliphatic heterocycles. The second-order valence-corrected chi connectivity index (χ2v) is 7.50. The maximum absolute atomic E-state index is 12.6. The second kappa shape index (κ2) is 6.75. The van der Waals surface area contributed by atoms with Gasteiger partial charge in [0, 0.05) is 0 Å². The molecule has 0 atom stereocenters. The van der Waals surface area contributed by atoms with Gasteiger partial charge in [0.25, 0.3) is 0 Å². The van der Waals surface area contributed by atoms with Gasteiger partial charge in [-0.2, -0.15) is 0 Å². The highest BCUT2D eigenvalue weighted by Gasteiger charge is 2.44. The summed E-state index contributed by atoms with van der Waals surface area (Å²) in [6.45, 7) is 6.56. The first-order valence-electron chi connectivity index (χ1n) is 8.58. The van der Waals surface area contributed by atoms with Gasteiger partial charge in [-0.1, -0.05) is 75.4 Å². The molecular formula is C21H22N2O3. The molecule has 26 heavy (non-hydrogen) atoms. The van der Waals surface area contributed by atoms with Crippen LogP contribution < -0.4 is 0 Å². The van der Waals surface area contributed by atoms with Crippen molar-refractivity contribution in [2.24, 2.45) is 0 Å². The fraction of sp³-hybridized carbons (Fsp3) is 0.286. The maximum Gasteiger partial charge on any atom is 0.334 e. The van der Waals surface area contributed by atoms with E-state index in [2.05, 4.69) is 20.8 Å². The van der Waals surface area contributed by atoms with E-state index in [1.54, 1.807) is 0 Å². The molecule has 0 saturated carbocycles. The van der Waals surface area contributed by atoms with Crippen LogP contribution in [0.3, 0.4) is 0 Å². The standard InChI is InChI=1S/C21H22N2O3/c1-21(2,3)17-11-9-16(10-12-17)14-23-19(25)18(24)22(20(23)26)13-15-7-5-4-6-8-15/h4-12H,13-14H2,1-3H3. The smallest absolute Gasteiger partial charge is 0.263 e. The Kier molecular flexibility index (Phi) is 4.64. The minimum atomic E-state index is -0.773. The molecule has 0 bridgehead atoms. The van der Waals surface area contributed by atoms with Crippen LogP contribution in [0.25, 0.3) is 0 Å². The highest BCUT2D eigenvalue weighted by Crippen LogP contribution is 2.24. The molecule has 2 aromatic rings. The van der Waals surface area contributed by atoms with Crippen molar-refractivity contribution in [1.82, 2.24) is 9.80 Å². The van der Waals surface area contributed by atoms with Gasteiger partial charge in [-0.3, -0.25) is 19.4 Å². The summed E-state index contributed by atoms with van der Waals surface area (Å²) >= 11 is 0. The Labute approximate surface area is 153 Å². The number of urea groups is 1. The molecule has 2 aromatic carbocycles. The van der Waals surface area contributed by atoms with Crippen molar-refractivity contribution in [2.75, 3.05) is 0 Å². The Morgan fingerprint density at radius 3 is 1.62 bits per heavy atom. The third-order valence-corrected chi connectivity index (χ3v) is 4.48. The molecule has 0 aliphatic carbocycles. The van der Waals surface area contributed by atoms with E-state index >= 15 is 0 Å². The molecule has 5 nitrogen and oxygen atoms in total. The average molecular weight is 350 g/mol. The summed E-state index contributed by atoms with van der Waals surface area (Å²) in [6.07, 6.45) is 0. The van der Waals surface area contributed by atoms with Gasteiger partial charge in [-0.05, 0) is 22.1 Å². The lowest BCUT2D eigenvalue weighted by atomic mass is 9.87. The summed E-state index contributed by atoms with van der Waals surface area (Å²) in [5.41, 5.74) is 2.81. The molecule has 3 rings (SSSR count). The Hall–Kier alpha value is -2.95. The van der Waals surface area contributed by atoms with Crippen molar-refractivity contribution in [3.05, 3.63) is 71.3 Å².